The van der Waals surface area contributed by atoms with Crippen LogP contribution < -0.4 is 0 Å². The van der Waals surface area contributed by atoms with Crippen LogP contribution in [0.5, 0.6) is 0 Å². The van der Waals surface area contributed by atoms with E-state index in [2.05, 4.69) is 63.3 Å². The lowest BCUT2D eigenvalue weighted by atomic mass is 10.1. The second kappa shape index (κ2) is 56.4. The predicted octanol–water partition coefficient (Wildman–Crippen LogP) is 18.9. The standard InChI is InChI=1S/C63H102O6/c1-4-7-10-13-16-19-22-25-27-29-31-33-35-38-41-44-47-50-53-56-62(65)68-59-60(58-67-61(64)55-52-49-46-43-40-37-24-21-18-15-12-9-6-3)69-63(66)57-54-51-48-45-42-39-36-34-32-30-28-26-23-20-17-14-11-8-5-2/h7,10,13,16,19,22,25,27,29-33,35,37-38,40-41,46,49,60H,4-6,8-9,11-12,14-15,17-18,20-21,23-24,26,28,34,36,39,42-45,47-48,50-59H2,1-3H3/b10-7+,16-13+,22-19+,27-25+,31-29+,32-30+,35-33+,40-37+,41-38+,49-46+. The van der Waals surface area contributed by atoms with Crippen molar-refractivity contribution in [1.82, 2.24) is 0 Å². The smallest absolute Gasteiger partial charge is 0.306 e. The molecule has 0 bridgehead atoms. The van der Waals surface area contributed by atoms with E-state index in [1.165, 1.54) is 128 Å². The van der Waals surface area contributed by atoms with Gasteiger partial charge in [-0.05, 0) is 83.5 Å². The fourth-order valence-electron chi connectivity index (χ4n) is 7.41. The lowest BCUT2D eigenvalue weighted by Crippen LogP contribution is -2.30. The van der Waals surface area contributed by atoms with Crippen LogP contribution in [0.1, 0.15) is 239 Å². The number of unbranched alkanes of at least 4 members (excludes halogenated alkanes) is 24. The lowest BCUT2D eigenvalue weighted by molar-refractivity contribution is -0.166. The van der Waals surface area contributed by atoms with Crippen LogP contribution in [0.15, 0.2) is 122 Å². The van der Waals surface area contributed by atoms with Crippen molar-refractivity contribution in [2.24, 2.45) is 0 Å². The van der Waals surface area contributed by atoms with Gasteiger partial charge in [0.15, 0.2) is 6.10 Å². The molecule has 0 aromatic carbocycles. The van der Waals surface area contributed by atoms with Gasteiger partial charge in [-0.2, -0.15) is 0 Å². The van der Waals surface area contributed by atoms with Gasteiger partial charge in [-0.15, -0.1) is 0 Å². The number of allylic oxidation sites excluding steroid dienone is 20. The van der Waals surface area contributed by atoms with Crippen LogP contribution in [-0.4, -0.2) is 37.2 Å². The molecule has 6 nitrogen and oxygen atoms in total. The molecule has 0 aliphatic carbocycles. The second-order valence-electron chi connectivity index (χ2n) is 18.3. The van der Waals surface area contributed by atoms with Crippen molar-refractivity contribution in [1.29, 1.82) is 0 Å². The summed E-state index contributed by atoms with van der Waals surface area (Å²) in [6.45, 7) is 6.39. The summed E-state index contributed by atoms with van der Waals surface area (Å²) in [5.41, 5.74) is 0. The summed E-state index contributed by atoms with van der Waals surface area (Å²) in [5.74, 6) is -1.04. The minimum atomic E-state index is -0.826. The Bertz CT molecular complexity index is 1470. The van der Waals surface area contributed by atoms with Crippen molar-refractivity contribution in [3.63, 3.8) is 0 Å². The van der Waals surface area contributed by atoms with Crippen LogP contribution in [-0.2, 0) is 28.6 Å². The minimum Gasteiger partial charge on any atom is -0.462 e. The molecule has 0 aromatic rings. The Labute approximate surface area is 424 Å². The molecule has 0 aromatic heterocycles. The number of carbonyl (C=O) groups excluding carboxylic acids is 3. The number of hydrogen-bond donors (Lipinski definition) is 0. The molecule has 0 spiro atoms. The normalized spacial score (nSPS) is 13.0. The molecule has 0 saturated heterocycles. The molecule has 0 saturated carbocycles. The fraction of sp³-hybridized carbons (Fsp3) is 0.635. The molecule has 390 valence electrons. The van der Waals surface area contributed by atoms with Crippen LogP contribution in [0.4, 0.5) is 0 Å². The maximum atomic E-state index is 12.8. The average Bonchev–Trinajstić information content (AvgIpc) is 3.35. The zero-order chi connectivity index (χ0) is 50.0. The third-order valence-corrected chi connectivity index (χ3v) is 11.6. The number of rotatable bonds is 49. The summed E-state index contributed by atoms with van der Waals surface area (Å²) in [6.07, 6.45) is 77.7. The lowest BCUT2D eigenvalue weighted by Gasteiger charge is -2.18. The molecule has 0 fully saturated rings. The van der Waals surface area contributed by atoms with Gasteiger partial charge in [0.05, 0.1) is 0 Å². The molecule has 1 atom stereocenters. The molecule has 1 unspecified atom stereocenters. The first-order valence-corrected chi connectivity index (χ1v) is 28.1. The number of carbonyl (C=O) groups is 3. The Balaban J connectivity index is 4.54. The maximum absolute atomic E-state index is 12.8. The zero-order valence-electron chi connectivity index (χ0n) is 44.5. The summed E-state index contributed by atoms with van der Waals surface area (Å²) in [6, 6.07) is 0. The van der Waals surface area contributed by atoms with Gasteiger partial charge in [0, 0.05) is 19.3 Å². The molecule has 0 radical (unpaired) electrons. The van der Waals surface area contributed by atoms with Crippen molar-refractivity contribution in [3.05, 3.63) is 122 Å². The highest BCUT2D eigenvalue weighted by Gasteiger charge is 2.19. The SMILES string of the molecule is CC/C=C/C=C/C=C/C=C/C=C/C=C/C=C/CCCCCC(=O)OCC(COC(=O)CC/C=C/C/C=C/CCCCCCCC)OC(=O)CCCCCCCCC/C=C/CCCCCCCCCC. The first kappa shape index (κ1) is 64.8. The molecule has 6 heteroatoms. The molecular weight excluding hydrogens is 853 g/mol. The van der Waals surface area contributed by atoms with Crippen LogP contribution in [0.25, 0.3) is 0 Å². The number of esters is 3. The van der Waals surface area contributed by atoms with Crippen LogP contribution in [0, 0.1) is 0 Å². The molecule has 0 aliphatic rings. The van der Waals surface area contributed by atoms with Gasteiger partial charge >= 0.3 is 17.9 Å². The van der Waals surface area contributed by atoms with Crippen molar-refractivity contribution in [2.75, 3.05) is 13.2 Å². The Hall–Kier alpha value is -4.19. The van der Waals surface area contributed by atoms with Gasteiger partial charge in [0.25, 0.3) is 0 Å². The molecular formula is C63H102O6. The highest BCUT2D eigenvalue weighted by Crippen LogP contribution is 2.14. The van der Waals surface area contributed by atoms with E-state index in [0.29, 0.717) is 19.3 Å². The second-order valence-corrected chi connectivity index (χ2v) is 18.3. The summed E-state index contributed by atoms with van der Waals surface area (Å²) >= 11 is 0. The minimum absolute atomic E-state index is 0.124. The van der Waals surface area contributed by atoms with E-state index >= 15 is 0 Å². The number of hydrogen-bond acceptors (Lipinski definition) is 6. The van der Waals surface area contributed by atoms with Crippen LogP contribution in [0.3, 0.4) is 0 Å². The van der Waals surface area contributed by atoms with Crippen LogP contribution in [0.2, 0.25) is 0 Å². The van der Waals surface area contributed by atoms with E-state index in [4.69, 9.17) is 14.2 Å². The maximum Gasteiger partial charge on any atom is 0.306 e. The average molecular weight is 956 g/mol. The van der Waals surface area contributed by atoms with E-state index in [9.17, 15) is 14.4 Å². The first-order chi connectivity index (χ1) is 34.0. The van der Waals surface area contributed by atoms with E-state index in [0.717, 1.165) is 64.2 Å². The van der Waals surface area contributed by atoms with Gasteiger partial charge < -0.3 is 14.2 Å². The van der Waals surface area contributed by atoms with E-state index in [-0.39, 0.29) is 37.5 Å². The first-order valence-electron chi connectivity index (χ1n) is 28.1. The van der Waals surface area contributed by atoms with Crippen molar-refractivity contribution >= 4 is 17.9 Å². The largest absolute Gasteiger partial charge is 0.462 e. The van der Waals surface area contributed by atoms with Gasteiger partial charge in [-0.25, -0.2) is 0 Å². The summed E-state index contributed by atoms with van der Waals surface area (Å²) < 4.78 is 16.7. The van der Waals surface area contributed by atoms with Gasteiger partial charge in [0.1, 0.15) is 13.2 Å². The van der Waals surface area contributed by atoms with Crippen LogP contribution >= 0.6 is 0 Å². The molecule has 69 heavy (non-hydrogen) atoms. The Morgan fingerprint density at radius 3 is 1.12 bits per heavy atom. The quantitative estimate of drug-likeness (QED) is 0.0199. The monoisotopic (exact) mass is 955 g/mol. The highest BCUT2D eigenvalue weighted by molar-refractivity contribution is 5.71. The van der Waals surface area contributed by atoms with Gasteiger partial charge in [-0.1, -0.05) is 258 Å². The van der Waals surface area contributed by atoms with Crippen molar-refractivity contribution in [3.8, 4) is 0 Å². The molecule has 0 aliphatic heterocycles. The fourth-order valence-corrected chi connectivity index (χ4v) is 7.41. The zero-order valence-corrected chi connectivity index (χ0v) is 44.5. The van der Waals surface area contributed by atoms with Crippen molar-refractivity contribution in [2.45, 2.75) is 245 Å². The Kier molecular flexibility index (Phi) is 53.0. The Morgan fingerprint density at radius 1 is 0.319 bits per heavy atom. The predicted molar refractivity (Wildman–Crippen MR) is 297 cm³/mol. The van der Waals surface area contributed by atoms with Crippen molar-refractivity contribution < 1.29 is 28.6 Å². The molecule has 0 heterocycles. The third-order valence-electron chi connectivity index (χ3n) is 11.6. The summed E-state index contributed by atoms with van der Waals surface area (Å²) in [7, 11) is 0. The third kappa shape index (κ3) is 54.6. The van der Waals surface area contributed by atoms with E-state index in [1.807, 2.05) is 79.0 Å². The summed E-state index contributed by atoms with van der Waals surface area (Å²) in [4.78, 5) is 38.1. The summed E-state index contributed by atoms with van der Waals surface area (Å²) in [5, 5.41) is 0. The van der Waals surface area contributed by atoms with Gasteiger partial charge in [-0.3, -0.25) is 14.4 Å². The molecule has 0 N–H and O–H groups in total. The molecule has 0 rings (SSSR count). The van der Waals surface area contributed by atoms with Gasteiger partial charge in [0.2, 0.25) is 0 Å². The van der Waals surface area contributed by atoms with E-state index in [1.54, 1.807) is 0 Å². The molecule has 0 amide bonds. The van der Waals surface area contributed by atoms with E-state index < -0.39 is 6.10 Å². The topological polar surface area (TPSA) is 78.9 Å². The highest BCUT2D eigenvalue weighted by atomic mass is 16.6. The Morgan fingerprint density at radius 2 is 0.652 bits per heavy atom. The number of ether oxygens (including phenoxy) is 3.